The fourth-order valence-corrected chi connectivity index (χ4v) is 3.09. The van der Waals surface area contributed by atoms with Crippen LogP contribution in [0.1, 0.15) is 22.3 Å². The Balaban J connectivity index is 2.14. The van der Waals surface area contributed by atoms with Crippen LogP contribution in [0.25, 0.3) is 0 Å². The summed E-state index contributed by atoms with van der Waals surface area (Å²) in [6, 6.07) is 4.76. The minimum absolute atomic E-state index is 0.00867. The predicted octanol–water partition coefficient (Wildman–Crippen LogP) is 2.38. The molecule has 1 unspecified atom stereocenters. The van der Waals surface area contributed by atoms with Gasteiger partial charge in [-0.1, -0.05) is 6.07 Å². The highest BCUT2D eigenvalue weighted by Crippen LogP contribution is 2.25. The van der Waals surface area contributed by atoms with Crippen molar-refractivity contribution < 1.29 is 14.7 Å². The molecule has 4 nitrogen and oxygen atoms in total. The third-order valence-corrected chi connectivity index (χ3v) is 4.21. The molecule has 1 atom stereocenters. The molecule has 0 aromatic heterocycles. The van der Waals surface area contributed by atoms with Crippen LogP contribution < -0.4 is 5.32 Å². The van der Waals surface area contributed by atoms with Gasteiger partial charge in [0.1, 0.15) is 0 Å². The lowest BCUT2D eigenvalue weighted by Crippen LogP contribution is -2.23. The Morgan fingerprint density at radius 1 is 1.44 bits per heavy atom. The second-order valence-electron chi connectivity index (χ2n) is 4.38. The Morgan fingerprint density at radius 2 is 2.22 bits per heavy atom. The third-order valence-electron chi connectivity index (χ3n) is 3.04. The molecule has 2 N–H and O–H groups in total. The summed E-state index contributed by atoms with van der Waals surface area (Å²) < 4.78 is 0. The summed E-state index contributed by atoms with van der Waals surface area (Å²) in [5.74, 6) is 0.922. The van der Waals surface area contributed by atoms with Gasteiger partial charge < -0.3 is 10.4 Å². The van der Waals surface area contributed by atoms with Crippen LogP contribution in [0.2, 0.25) is 0 Å². The first-order valence-electron chi connectivity index (χ1n) is 5.80. The number of aryl methyl sites for hydroxylation is 1. The number of aromatic carboxylic acids is 1. The van der Waals surface area contributed by atoms with E-state index in [1.165, 1.54) is 6.07 Å². The number of amides is 1. The number of carboxylic acid groups (broad SMARTS) is 1. The lowest BCUT2D eigenvalue weighted by molar-refractivity contribution is -0.119. The molecule has 1 aliphatic rings. The zero-order valence-electron chi connectivity index (χ0n) is 10.1. The minimum atomic E-state index is -0.984. The van der Waals surface area contributed by atoms with E-state index in [-0.39, 0.29) is 17.4 Å². The highest BCUT2D eigenvalue weighted by atomic mass is 32.2. The van der Waals surface area contributed by atoms with Crippen LogP contribution >= 0.6 is 11.8 Å². The van der Waals surface area contributed by atoms with Gasteiger partial charge >= 0.3 is 5.97 Å². The summed E-state index contributed by atoms with van der Waals surface area (Å²) in [4.78, 5) is 22.9. The van der Waals surface area contributed by atoms with E-state index < -0.39 is 5.97 Å². The van der Waals surface area contributed by atoms with Gasteiger partial charge in [-0.3, -0.25) is 4.79 Å². The van der Waals surface area contributed by atoms with E-state index in [1.807, 2.05) is 6.92 Å². The maximum absolute atomic E-state index is 12.0. The number of carboxylic acids is 1. The van der Waals surface area contributed by atoms with Crippen molar-refractivity contribution in [1.29, 1.82) is 0 Å². The van der Waals surface area contributed by atoms with E-state index >= 15 is 0 Å². The molecule has 0 radical (unpaired) electrons. The first-order valence-corrected chi connectivity index (χ1v) is 6.96. The number of thioether (sulfide) groups is 1. The molecular weight excluding hydrogens is 250 g/mol. The van der Waals surface area contributed by atoms with Crippen molar-refractivity contribution in [2.45, 2.75) is 13.3 Å². The van der Waals surface area contributed by atoms with Gasteiger partial charge in [0.05, 0.1) is 5.56 Å². The second-order valence-corrected chi connectivity index (χ2v) is 5.53. The van der Waals surface area contributed by atoms with Crippen LogP contribution in [0.3, 0.4) is 0 Å². The Hall–Kier alpha value is -1.49. The normalized spacial score (nSPS) is 18.6. The van der Waals surface area contributed by atoms with E-state index in [0.29, 0.717) is 5.69 Å². The summed E-state index contributed by atoms with van der Waals surface area (Å²) in [7, 11) is 0. The topological polar surface area (TPSA) is 66.4 Å². The molecule has 0 spiro atoms. The van der Waals surface area contributed by atoms with Gasteiger partial charge in [-0.25, -0.2) is 4.79 Å². The smallest absolute Gasteiger partial charge is 0.335 e. The standard InChI is InChI=1S/C13H15NO3S/c1-8-2-3-9(13(16)17)6-11(8)14-12(15)10-4-5-18-7-10/h2-3,6,10H,4-5,7H2,1H3,(H,14,15)(H,16,17). The number of nitrogens with one attached hydrogen (secondary N) is 1. The summed E-state index contributed by atoms with van der Waals surface area (Å²) in [6.45, 7) is 1.85. The van der Waals surface area contributed by atoms with Gasteiger partial charge in [-0.05, 0) is 36.8 Å². The molecule has 1 aromatic carbocycles. The largest absolute Gasteiger partial charge is 0.478 e. The maximum atomic E-state index is 12.0. The second kappa shape index (κ2) is 5.44. The van der Waals surface area contributed by atoms with E-state index in [2.05, 4.69) is 5.32 Å². The molecule has 1 amide bonds. The number of hydrogen-bond donors (Lipinski definition) is 2. The van der Waals surface area contributed by atoms with Crippen molar-refractivity contribution in [3.8, 4) is 0 Å². The summed E-state index contributed by atoms with van der Waals surface area (Å²) in [5, 5.41) is 11.8. The van der Waals surface area contributed by atoms with Crippen molar-refractivity contribution in [2.75, 3.05) is 16.8 Å². The molecule has 0 saturated carbocycles. The Bertz CT molecular complexity index is 481. The number of carbonyl (C=O) groups excluding carboxylic acids is 1. The molecular formula is C13H15NO3S. The van der Waals surface area contributed by atoms with E-state index in [9.17, 15) is 9.59 Å². The quantitative estimate of drug-likeness (QED) is 0.880. The van der Waals surface area contributed by atoms with Gasteiger partial charge in [0, 0.05) is 17.4 Å². The zero-order valence-corrected chi connectivity index (χ0v) is 10.9. The SMILES string of the molecule is Cc1ccc(C(=O)O)cc1NC(=O)C1CCSC1. The van der Waals surface area contributed by atoms with Gasteiger partial charge in [0.25, 0.3) is 0 Å². The highest BCUT2D eigenvalue weighted by molar-refractivity contribution is 7.99. The van der Waals surface area contributed by atoms with Crippen LogP contribution in [0.15, 0.2) is 18.2 Å². The van der Waals surface area contributed by atoms with E-state index in [4.69, 9.17) is 5.11 Å². The summed E-state index contributed by atoms with van der Waals surface area (Å²) in [6.07, 6.45) is 0.897. The van der Waals surface area contributed by atoms with Crippen molar-refractivity contribution in [1.82, 2.24) is 0 Å². The maximum Gasteiger partial charge on any atom is 0.335 e. The van der Waals surface area contributed by atoms with Crippen molar-refractivity contribution >= 4 is 29.3 Å². The number of benzene rings is 1. The van der Waals surface area contributed by atoms with E-state index in [1.54, 1.807) is 23.9 Å². The molecule has 0 bridgehead atoms. The van der Waals surface area contributed by atoms with Crippen LogP contribution in [0.5, 0.6) is 0 Å². The molecule has 1 fully saturated rings. The summed E-state index contributed by atoms with van der Waals surface area (Å²) >= 11 is 1.78. The van der Waals surface area contributed by atoms with Crippen LogP contribution in [0, 0.1) is 12.8 Å². The Kier molecular flexibility index (Phi) is 3.91. The lowest BCUT2D eigenvalue weighted by Gasteiger charge is -2.12. The zero-order chi connectivity index (χ0) is 13.1. The van der Waals surface area contributed by atoms with Gasteiger partial charge in [-0.15, -0.1) is 0 Å². The molecule has 1 saturated heterocycles. The van der Waals surface area contributed by atoms with Crippen LogP contribution in [-0.2, 0) is 4.79 Å². The molecule has 0 aliphatic carbocycles. The van der Waals surface area contributed by atoms with E-state index in [0.717, 1.165) is 23.5 Å². The fourth-order valence-electron chi connectivity index (χ4n) is 1.87. The molecule has 1 heterocycles. The molecule has 1 aromatic rings. The average Bonchev–Trinajstić information content (AvgIpc) is 2.85. The number of hydrogen-bond acceptors (Lipinski definition) is 3. The fraction of sp³-hybridized carbons (Fsp3) is 0.385. The first kappa shape index (κ1) is 13.0. The molecule has 2 rings (SSSR count). The minimum Gasteiger partial charge on any atom is -0.478 e. The van der Waals surface area contributed by atoms with Gasteiger partial charge in [-0.2, -0.15) is 11.8 Å². The number of carbonyl (C=O) groups is 2. The number of anilines is 1. The van der Waals surface area contributed by atoms with Crippen LogP contribution in [-0.4, -0.2) is 28.5 Å². The summed E-state index contributed by atoms with van der Waals surface area (Å²) in [5.41, 5.74) is 1.66. The Labute approximate surface area is 110 Å². The lowest BCUT2D eigenvalue weighted by atomic mass is 10.1. The molecule has 1 aliphatic heterocycles. The van der Waals surface area contributed by atoms with Crippen molar-refractivity contribution in [3.05, 3.63) is 29.3 Å². The van der Waals surface area contributed by atoms with Crippen LogP contribution in [0.4, 0.5) is 5.69 Å². The molecule has 96 valence electrons. The Morgan fingerprint density at radius 3 is 2.83 bits per heavy atom. The first-order chi connectivity index (χ1) is 8.58. The highest BCUT2D eigenvalue weighted by Gasteiger charge is 2.23. The number of rotatable bonds is 3. The van der Waals surface area contributed by atoms with Crippen molar-refractivity contribution in [3.63, 3.8) is 0 Å². The third kappa shape index (κ3) is 2.85. The predicted molar refractivity (Wildman–Crippen MR) is 72.2 cm³/mol. The average molecular weight is 265 g/mol. The molecule has 5 heteroatoms. The van der Waals surface area contributed by atoms with Gasteiger partial charge in [0.15, 0.2) is 0 Å². The van der Waals surface area contributed by atoms with Gasteiger partial charge in [0.2, 0.25) is 5.91 Å². The van der Waals surface area contributed by atoms with Crippen molar-refractivity contribution in [2.24, 2.45) is 5.92 Å². The monoisotopic (exact) mass is 265 g/mol. The molecule has 18 heavy (non-hydrogen) atoms.